The number of hydrogen-bond donors (Lipinski definition) is 0. The quantitative estimate of drug-likeness (QED) is 0.724. The van der Waals surface area contributed by atoms with E-state index in [1.807, 2.05) is 0 Å². The van der Waals surface area contributed by atoms with E-state index in [1.165, 1.54) is 7.11 Å². The van der Waals surface area contributed by atoms with Gasteiger partial charge in [0.2, 0.25) is 0 Å². The second-order valence-electron chi connectivity index (χ2n) is 2.60. The lowest BCUT2D eigenvalue weighted by molar-refractivity contribution is 0.0596. The summed E-state index contributed by atoms with van der Waals surface area (Å²) in [6.07, 6.45) is -1.67. The lowest BCUT2D eigenvalue weighted by atomic mass is 10.2. The van der Waals surface area contributed by atoms with Crippen LogP contribution in [0.2, 0.25) is 0 Å². The molecule has 0 radical (unpaired) electrons. The second-order valence-corrected chi connectivity index (χ2v) is 2.60. The van der Waals surface area contributed by atoms with Crippen molar-refractivity contribution in [2.45, 2.75) is 6.43 Å². The van der Waals surface area contributed by atoms with Gasteiger partial charge in [-0.2, -0.15) is 0 Å². The molecule has 1 aromatic rings. The van der Waals surface area contributed by atoms with Crippen molar-refractivity contribution in [3.63, 3.8) is 0 Å². The Labute approximate surface area is 84.8 Å². The van der Waals surface area contributed by atoms with Crippen LogP contribution < -0.4 is 4.74 Å². The molecule has 0 amide bonds. The summed E-state index contributed by atoms with van der Waals surface area (Å²) in [6, 6.07) is 0.954. The normalized spacial score (nSPS) is 10.2. The van der Waals surface area contributed by atoms with Crippen LogP contribution in [0.1, 0.15) is 22.5 Å². The van der Waals surface area contributed by atoms with Crippen molar-refractivity contribution in [2.75, 3.05) is 14.2 Å². The molecule has 0 unspecified atom stereocenters. The second kappa shape index (κ2) is 4.68. The molecule has 0 aliphatic rings. The summed E-state index contributed by atoms with van der Waals surface area (Å²) in [6.45, 7) is 0. The molecule has 0 bridgehead atoms. The molecule has 0 N–H and O–H groups in total. The summed E-state index contributed by atoms with van der Waals surface area (Å²) in [5.74, 6) is -0.637. The number of carbonyl (C=O) groups is 1. The van der Waals surface area contributed by atoms with E-state index in [-0.39, 0.29) is 11.3 Å². The van der Waals surface area contributed by atoms with E-state index in [2.05, 4.69) is 9.72 Å². The Morgan fingerprint density at radius 3 is 2.60 bits per heavy atom. The molecule has 1 rings (SSSR count). The fraction of sp³-hybridized carbons (Fsp3) is 0.333. The minimum absolute atomic E-state index is 0.0645. The fourth-order valence-electron chi connectivity index (χ4n) is 1.01. The Morgan fingerprint density at radius 2 is 2.13 bits per heavy atom. The first-order valence-electron chi connectivity index (χ1n) is 4.00. The van der Waals surface area contributed by atoms with E-state index in [0.29, 0.717) is 0 Å². The average Bonchev–Trinajstić information content (AvgIpc) is 2.27. The summed E-state index contributed by atoms with van der Waals surface area (Å²) in [4.78, 5) is 14.6. The lowest BCUT2D eigenvalue weighted by Gasteiger charge is -2.07. The van der Waals surface area contributed by atoms with Crippen LogP contribution in [0.25, 0.3) is 0 Å². The van der Waals surface area contributed by atoms with Gasteiger partial charge in [-0.1, -0.05) is 0 Å². The smallest absolute Gasteiger partial charge is 0.341 e. The lowest BCUT2D eigenvalue weighted by Crippen LogP contribution is -2.06. The van der Waals surface area contributed by atoms with Crippen LogP contribution >= 0.6 is 0 Å². The van der Waals surface area contributed by atoms with E-state index in [1.54, 1.807) is 0 Å². The molecule has 15 heavy (non-hydrogen) atoms. The van der Waals surface area contributed by atoms with Crippen LogP contribution in [-0.2, 0) is 4.74 Å². The highest BCUT2D eigenvalue weighted by molar-refractivity contribution is 5.92. The first-order valence-corrected chi connectivity index (χ1v) is 4.00. The van der Waals surface area contributed by atoms with Crippen LogP contribution in [-0.4, -0.2) is 25.2 Å². The van der Waals surface area contributed by atoms with Crippen LogP contribution in [0.3, 0.4) is 0 Å². The molecule has 0 fully saturated rings. The van der Waals surface area contributed by atoms with Gasteiger partial charge < -0.3 is 9.47 Å². The molecule has 0 spiro atoms. The third-order valence-electron chi connectivity index (χ3n) is 1.74. The topological polar surface area (TPSA) is 48.4 Å². The van der Waals surface area contributed by atoms with Crippen molar-refractivity contribution in [3.8, 4) is 5.75 Å². The number of carbonyl (C=O) groups excluding carboxylic acids is 1. The van der Waals surface area contributed by atoms with Gasteiger partial charge in [-0.3, -0.25) is 4.98 Å². The predicted octanol–water partition coefficient (Wildman–Crippen LogP) is 1.81. The van der Waals surface area contributed by atoms with Crippen molar-refractivity contribution >= 4 is 5.97 Å². The van der Waals surface area contributed by atoms with Crippen LogP contribution in [0.15, 0.2) is 12.3 Å². The Balaban J connectivity index is 3.19. The molecule has 4 nitrogen and oxygen atoms in total. The molecule has 1 heterocycles. The summed E-state index contributed by atoms with van der Waals surface area (Å²) in [5.41, 5.74) is -0.554. The van der Waals surface area contributed by atoms with E-state index in [9.17, 15) is 13.6 Å². The summed E-state index contributed by atoms with van der Waals surface area (Å²) in [5, 5.41) is 0. The number of alkyl halides is 2. The summed E-state index contributed by atoms with van der Waals surface area (Å²) in [7, 11) is 2.47. The first-order chi connectivity index (χ1) is 7.10. The number of halogens is 2. The van der Waals surface area contributed by atoms with E-state index in [4.69, 9.17) is 4.74 Å². The van der Waals surface area contributed by atoms with Crippen LogP contribution in [0.4, 0.5) is 8.78 Å². The van der Waals surface area contributed by atoms with Gasteiger partial charge >= 0.3 is 5.97 Å². The molecule has 1 aromatic heterocycles. The van der Waals surface area contributed by atoms with E-state index >= 15 is 0 Å². The summed E-state index contributed by atoms with van der Waals surface area (Å²) >= 11 is 0. The van der Waals surface area contributed by atoms with Crippen molar-refractivity contribution in [2.24, 2.45) is 0 Å². The Morgan fingerprint density at radius 1 is 1.47 bits per heavy atom. The minimum Gasteiger partial charge on any atom is -0.494 e. The van der Waals surface area contributed by atoms with Crippen molar-refractivity contribution < 1.29 is 23.0 Å². The predicted molar refractivity (Wildman–Crippen MR) is 47.1 cm³/mol. The largest absolute Gasteiger partial charge is 0.494 e. The molecule has 0 saturated carbocycles. The molecule has 0 aliphatic heterocycles. The number of methoxy groups -OCH3 is 2. The fourth-order valence-corrected chi connectivity index (χ4v) is 1.01. The highest BCUT2D eigenvalue weighted by Crippen LogP contribution is 2.23. The molecule has 6 heteroatoms. The zero-order valence-electron chi connectivity index (χ0n) is 8.16. The van der Waals surface area contributed by atoms with Gasteiger partial charge in [0.25, 0.3) is 6.43 Å². The maximum absolute atomic E-state index is 12.3. The molecular formula is C9H9F2NO3. The highest BCUT2D eigenvalue weighted by atomic mass is 19.3. The zero-order valence-corrected chi connectivity index (χ0v) is 8.16. The van der Waals surface area contributed by atoms with Crippen molar-refractivity contribution in [3.05, 3.63) is 23.5 Å². The Kier molecular flexibility index (Phi) is 3.54. The van der Waals surface area contributed by atoms with Gasteiger partial charge in [0.15, 0.2) is 5.75 Å². The zero-order chi connectivity index (χ0) is 11.4. The maximum atomic E-state index is 12.3. The monoisotopic (exact) mass is 217 g/mol. The van der Waals surface area contributed by atoms with Gasteiger partial charge in [0.1, 0.15) is 11.3 Å². The van der Waals surface area contributed by atoms with Gasteiger partial charge in [-0.05, 0) is 6.07 Å². The molecule has 0 saturated heterocycles. The van der Waals surface area contributed by atoms with E-state index in [0.717, 1.165) is 19.4 Å². The SMILES string of the molecule is COC(=O)c1cc(C(F)F)ncc1OC. The van der Waals surface area contributed by atoms with Gasteiger partial charge in [-0.25, -0.2) is 13.6 Å². The summed E-state index contributed by atoms with van der Waals surface area (Å²) < 4.78 is 33.8. The van der Waals surface area contributed by atoms with Crippen molar-refractivity contribution in [1.29, 1.82) is 0 Å². The third-order valence-corrected chi connectivity index (χ3v) is 1.74. The number of aromatic nitrogens is 1. The Bertz CT molecular complexity index is 368. The van der Waals surface area contributed by atoms with Crippen LogP contribution in [0.5, 0.6) is 5.75 Å². The molecule has 0 aromatic carbocycles. The Hall–Kier alpha value is -1.72. The molecule has 0 aliphatic carbocycles. The number of ether oxygens (including phenoxy) is 2. The molecular weight excluding hydrogens is 208 g/mol. The number of hydrogen-bond acceptors (Lipinski definition) is 4. The average molecular weight is 217 g/mol. The number of nitrogens with zero attached hydrogens (tertiary/aromatic N) is 1. The highest BCUT2D eigenvalue weighted by Gasteiger charge is 2.18. The van der Waals surface area contributed by atoms with Gasteiger partial charge in [0.05, 0.1) is 20.4 Å². The third kappa shape index (κ3) is 2.39. The van der Waals surface area contributed by atoms with Gasteiger partial charge in [0, 0.05) is 0 Å². The molecule has 0 atom stereocenters. The molecule has 82 valence electrons. The number of pyridine rings is 1. The number of esters is 1. The minimum atomic E-state index is -2.74. The first kappa shape index (κ1) is 11.4. The maximum Gasteiger partial charge on any atom is 0.341 e. The van der Waals surface area contributed by atoms with Crippen LogP contribution in [0, 0.1) is 0 Å². The van der Waals surface area contributed by atoms with Crippen molar-refractivity contribution in [1.82, 2.24) is 4.98 Å². The van der Waals surface area contributed by atoms with Gasteiger partial charge in [-0.15, -0.1) is 0 Å². The number of rotatable bonds is 3. The van der Waals surface area contributed by atoms with E-state index < -0.39 is 18.1 Å². The standard InChI is InChI=1S/C9H9F2NO3/c1-14-7-4-12-6(8(10)11)3-5(7)9(13)15-2/h3-4,8H,1-2H3.